The molecule has 1 saturated carbocycles. The Balaban J connectivity index is 2.14. The Morgan fingerprint density at radius 3 is 2.74 bits per heavy atom. The Morgan fingerprint density at radius 2 is 2.16 bits per heavy atom. The first-order valence-corrected chi connectivity index (χ1v) is 7.32. The molecule has 106 valence electrons. The second-order valence-corrected chi connectivity index (χ2v) is 5.42. The van der Waals surface area contributed by atoms with Crippen LogP contribution >= 0.6 is 11.6 Å². The Kier molecular flexibility index (Phi) is 5.34. The van der Waals surface area contributed by atoms with Crippen molar-refractivity contribution in [3.63, 3.8) is 0 Å². The molecule has 1 N–H and O–H groups in total. The molecule has 0 aliphatic heterocycles. The van der Waals surface area contributed by atoms with E-state index in [-0.39, 0.29) is 0 Å². The van der Waals surface area contributed by atoms with Crippen LogP contribution < -0.4 is 14.8 Å². The molecule has 0 spiro atoms. The highest BCUT2D eigenvalue weighted by Gasteiger charge is 2.20. The summed E-state index contributed by atoms with van der Waals surface area (Å²) in [5.74, 6) is 2.26. The van der Waals surface area contributed by atoms with Gasteiger partial charge in [0.05, 0.1) is 13.7 Å². The number of hydrogen-bond acceptors (Lipinski definition) is 3. The number of benzene rings is 1. The summed E-state index contributed by atoms with van der Waals surface area (Å²) in [5, 5.41) is 3.99. The molecule has 0 aromatic heterocycles. The Morgan fingerprint density at radius 1 is 1.37 bits per heavy atom. The molecular weight excluding hydrogens is 262 g/mol. The zero-order valence-electron chi connectivity index (χ0n) is 11.7. The van der Waals surface area contributed by atoms with Crippen molar-refractivity contribution in [1.29, 1.82) is 0 Å². The molecule has 4 heteroatoms. The van der Waals surface area contributed by atoms with Gasteiger partial charge in [0.25, 0.3) is 0 Å². The topological polar surface area (TPSA) is 30.5 Å². The fourth-order valence-corrected chi connectivity index (χ4v) is 2.42. The zero-order chi connectivity index (χ0) is 13.7. The number of ether oxygens (including phenoxy) is 2. The molecule has 1 aliphatic rings. The van der Waals surface area contributed by atoms with E-state index in [2.05, 4.69) is 12.2 Å². The van der Waals surface area contributed by atoms with E-state index in [1.165, 1.54) is 19.3 Å². The zero-order valence-corrected chi connectivity index (χ0v) is 12.4. The van der Waals surface area contributed by atoms with E-state index >= 15 is 0 Å². The summed E-state index contributed by atoms with van der Waals surface area (Å²) in [6, 6.07) is 3.76. The summed E-state index contributed by atoms with van der Waals surface area (Å²) in [4.78, 5) is 0. The van der Waals surface area contributed by atoms with Gasteiger partial charge in [-0.25, -0.2) is 0 Å². The fourth-order valence-electron chi connectivity index (χ4n) is 2.19. The van der Waals surface area contributed by atoms with Gasteiger partial charge in [0, 0.05) is 23.2 Å². The fraction of sp³-hybridized carbons (Fsp3) is 0.600. The van der Waals surface area contributed by atoms with Crippen molar-refractivity contribution >= 4 is 11.6 Å². The second-order valence-electron chi connectivity index (χ2n) is 4.98. The minimum atomic E-state index is 0.681. The smallest absolute Gasteiger partial charge is 0.165 e. The van der Waals surface area contributed by atoms with E-state index in [4.69, 9.17) is 21.1 Å². The highest BCUT2D eigenvalue weighted by molar-refractivity contribution is 6.30. The summed E-state index contributed by atoms with van der Waals surface area (Å²) < 4.78 is 11.4. The maximum absolute atomic E-state index is 6.12. The van der Waals surface area contributed by atoms with Gasteiger partial charge in [0.2, 0.25) is 0 Å². The molecule has 0 saturated heterocycles. The first kappa shape index (κ1) is 14.5. The predicted octanol–water partition coefficient (Wildman–Crippen LogP) is 3.64. The molecule has 1 aliphatic carbocycles. The maximum Gasteiger partial charge on any atom is 0.165 e. The highest BCUT2D eigenvalue weighted by atomic mass is 35.5. The molecule has 0 amide bonds. The van der Waals surface area contributed by atoms with E-state index in [9.17, 15) is 0 Å². The van der Waals surface area contributed by atoms with Crippen LogP contribution in [-0.2, 0) is 6.54 Å². The largest absolute Gasteiger partial charge is 0.493 e. The number of hydrogen-bond donors (Lipinski definition) is 1. The first-order chi connectivity index (χ1) is 9.24. The van der Waals surface area contributed by atoms with E-state index in [0.717, 1.165) is 36.8 Å². The van der Waals surface area contributed by atoms with Crippen LogP contribution in [-0.4, -0.2) is 20.3 Å². The van der Waals surface area contributed by atoms with Gasteiger partial charge in [-0.1, -0.05) is 24.9 Å². The molecule has 0 unspecified atom stereocenters. The summed E-state index contributed by atoms with van der Waals surface area (Å²) in [6.07, 6.45) is 3.88. The molecule has 3 nitrogen and oxygen atoms in total. The van der Waals surface area contributed by atoms with Crippen LogP contribution in [0.2, 0.25) is 5.02 Å². The van der Waals surface area contributed by atoms with Crippen molar-refractivity contribution < 1.29 is 9.47 Å². The van der Waals surface area contributed by atoms with Gasteiger partial charge in [0.1, 0.15) is 0 Å². The molecular formula is C15H22ClNO2. The van der Waals surface area contributed by atoms with Crippen molar-refractivity contribution in [2.45, 2.75) is 32.7 Å². The monoisotopic (exact) mass is 283 g/mol. The predicted molar refractivity (Wildman–Crippen MR) is 78.2 cm³/mol. The van der Waals surface area contributed by atoms with E-state index in [0.29, 0.717) is 10.9 Å². The van der Waals surface area contributed by atoms with Crippen molar-refractivity contribution in [2.24, 2.45) is 5.92 Å². The third-order valence-electron chi connectivity index (χ3n) is 3.57. The number of rotatable bonds is 7. The van der Waals surface area contributed by atoms with Crippen molar-refractivity contribution in [3.8, 4) is 11.5 Å². The van der Waals surface area contributed by atoms with Gasteiger partial charge in [-0.2, -0.15) is 0 Å². The third-order valence-corrected chi connectivity index (χ3v) is 3.79. The quantitative estimate of drug-likeness (QED) is 0.829. The van der Waals surface area contributed by atoms with Gasteiger partial charge >= 0.3 is 0 Å². The molecule has 0 heterocycles. The number of methoxy groups -OCH3 is 1. The van der Waals surface area contributed by atoms with Gasteiger partial charge in [-0.3, -0.25) is 0 Å². The average Bonchev–Trinajstić information content (AvgIpc) is 2.35. The first-order valence-electron chi connectivity index (χ1n) is 6.94. The average molecular weight is 284 g/mol. The second kappa shape index (κ2) is 7.01. The van der Waals surface area contributed by atoms with Crippen molar-refractivity contribution in [3.05, 3.63) is 22.7 Å². The molecule has 1 fully saturated rings. The van der Waals surface area contributed by atoms with Crippen LogP contribution in [0.5, 0.6) is 11.5 Å². The van der Waals surface area contributed by atoms with Crippen molar-refractivity contribution in [1.82, 2.24) is 5.32 Å². The molecule has 0 radical (unpaired) electrons. The SMILES string of the molecule is CCNCc1cc(Cl)cc(OC)c1OCC1CCC1. The Labute approximate surface area is 120 Å². The normalized spacial score (nSPS) is 15.1. The number of halogens is 1. The maximum atomic E-state index is 6.12. The van der Waals surface area contributed by atoms with E-state index < -0.39 is 0 Å². The summed E-state index contributed by atoms with van der Waals surface area (Å²) in [6.45, 7) is 4.51. The van der Waals surface area contributed by atoms with Crippen LogP contribution in [0.1, 0.15) is 31.7 Å². The van der Waals surface area contributed by atoms with Crippen LogP contribution in [0.25, 0.3) is 0 Å². The Hall–Kier alpha value is -0.930. The molecule has 1 aromatic rings. The van der Waals surface area contributed by atoms with Gasteiger partial charge < -0.3 is 14.8 Å². The lowest BCUT2D eigenvalue weighted by molar-refractivity contribution is 0.174. The summed E-state index contributed by atoms with van der Waals surface area (Å²) in [5.41, 5.74) is 1.06. The number of nitrogens with one attached hydrogen (secondary N) is 1. The lowest BCUT2D eigenvalue weighted by Crippen LogP contribution is -2.20. The summed E-state index contributed by atoms with van der Waals surface area (Å²) in [7, 11) is 1.65. The highest BCUT2D eigenvalue weighted by Crippen LogP contribution is 2.36. The van der Waals surface area contributed by atoms with Crippen LogP contribution in [0, 0.1) is 5.92 Å². The molecule has 19 heavy (non-hydrogen) atoms. The molecule has 0 atom stereocenters. The van der Waals surface area contributed by atoms with Gasteiger partial charge in [-0.15, -0.1) is 0 Å². The minimum absolute atomic E-state index is 0.681. The molecule has 2 rings (SSSR count). The lowest BCUT2D eigenvalue weighted by Gasteiger charge is -2.26. The Bertz CT molecular complexity index is 419. The lowest BCUT2D eigenvalue weighted by atomic mass is 9.86. The molecule has 1 aromatic carbocycles. The summed E-state index contributed by atoms with van der Waals surface area (Å²) >= 11 is 6.12. The minimum Gasteiger partial charge on any atom is -0.493 e. The third kappa shape index (κ3) is 3.77. The van der Waals surface area contributed by atoms with Gasteiger partial charge in [-0.05, 0) is 31.4 Å². The van der Waals surface area contributed by atoms with Gasteiger partial charge in [0.15, 0.2) is 11.5 Å². The van der Waals surface area contributed by atoms with E-state index in [1.807, 2.05) is 12.1 Å². The molecule has 0 bridgehead atoms. The standard InChI is InChI=1S/C15H22ClNO2/c1-3-17-9-12-7-13(16)8-14(18-2)15(12)19-10-11-5-4-6-11/h7-8,11,17H,3-6,9-10H2,1-2H3. The van der Waals surface area contributed by atoms with Crippen LogP contribution in [0.3, 0.4) is 0 Å². The van der Waals surface area contributed by atoms with Crippen LogP contribution in [0.15, 0.2) is 12.1 Å². The van der Waals surface area contributed by atoms with Crippen LogP contribution in [0.4, 0.5) is 0 Å². The van der Waals surface area contributed by atoms with E-state index in [1.54, 1.807) is 7.11 Å². The van der Waals surface area contributed by atoms with Crippen molar-refractivity contribution in [2.75, 3.05) is 20.3 Å².